The number of hydrogen-bond acceptors (Lipinski definition) is 9. The van der Waals surface area contributed by atoms with Crippen LogP contribution in [-0.2, 0) is 23.8 Å². The van der Waals surface area contributed by atoms with Crippen LogP contribution < -0.4 is 10.6 Å². The first-order chi connectivity index (χ1) is 28.5. The first kappa shape index (κ1) is 41.5. The summed E-state index contributed by atoms with van der Waals surface area (Å²) in [6.07, 6.45) is 6.77. The number of carbonyl (C=O) groups excluding carboxylic acids is 4. The lowest BCUT2D eigenvalue weighted by molar-refractivity contribution is -0.136. The van der Waals surface area contributed by atoms with Crippen LogP contribution in [0.15, 0.2) is 60.9 Å². The number of H-pyrrole nitrogens is 2. The molecule has 4 aromatic rings. The Hall–Kier alpha value is -5.70. The number of alkyl carbamates (subject to hydrolysis) is 2. The lowest BCUT2D eigenvalue weighted by Crippen LogP contribution is -2.51. The first-order valence-corrected chi connectivity index (χ1v) is 20.8. The van der Waals surface area contributed by atoms with Crippen molar-refractivity contribution in [2.45, 2.75) is 96.5 Å². The molecule has 3 aliphatic heterocycles. The summed E-state index contributed by atoms with van der Waals surface area (Å²) < 4.78 is 15.7. The Labute approximate surface area is 345 Å². The van der Waals surface area contributed by atoms with E-state index in [1.807, 2.05) is 43.7 Å². The lowest BCUT2D eigenvalue weighted by atomic mass is 10.0. The van der Waals surface area contributed by atoms with Crippen LogP contribution in [0.25, 0.3) is 33.6 Å². The normalized spacial score (nSPS) is 19.5. The summed E-state index contributed by atoms with van der Waals surface area (Å²) in [6.45, 7) is 9.96. The monoisotopic (exact) mass is 808 g/mol. The van der Waals surface area contributed by atoms with E-state index in [0.29, 0.717) is 39.1 Å². The first-order valence-electron chi connectivity index (χ1n) is 20.8. The predicted octanol–water partition coefficient (Wildman–Crippen LogP) is 6.77. The minimum atomic E-state index is -0.710. The third-order valence-electron chi connectivity index (χ3n) is 11.7. The zero-order valence-corrected chi connectivity index (χ0v) is 34.5. The van der Waals surface area contributed by atoms with Gasteiger partial charge in [-0.3, -0.25) is 9.59 Å². The molecular formula is C44H56N8O7. The highest BCUT2D eigenvalue weighted by Crippen LogP contribution is 2.35. The molecular weight excluding hydrogens is 753 g/mol. The Morgan fingerprint density at radius 3 is 1.51 bits per heavy atom. The van der Waals surface area contributed by atoms with Gasteiger partial charge in [-0.2, -0.15) is 0 Å². The smallest absolute Gasteiger partial charge is 0.408 e. The fraction of sp³-hybridized carbons (Fsp3) is 0.500. The van der Waals surface area contributed by atoms with Gasteiger partial charge in [0.2, 0.25) is 11.8 Å². The van der Waals surface area contributed by atoms with E-state index in [2.05, 4.69) is 74.1 Å². The van der Waals surface area contributed by atoms with Crippen molar-refractivity contribution in [3.63, 3.8) is 0 Å². The zero-order chi connectivity index (χ0) is 41.6. The van der Waals surface area contributed by atoms with E-state index < -0.39 is 24.3 Å². The molecule has 4 amide bonds. The number of hydrogen-bond donors (Lipinski definition) is 4. The number of methoxy groups -OCH3 is 1. The van der Waals surface area contributed by atoms with Crippen molar-refractivity contribution in [1.82, 2.24) is 40.4 Å². The van der Waals surface area contributed by atoms with Gasteiger partial charge in [0.15, 0.2) is 0 Å². The van der Waals surface area contributed by atoms with Crippen LogP contribution in [0.3, 0.4) is 0 Å². The van der Waals surface area contributed by atoms with Gasteiger partial charge in [0.05, 0.1) is 56.2 Å². The fourth-order valence-corrected chi connectivity index (χ4v) is 8.30. The second-order valence-corrected chi connectivity index (χ2v) is 16.3. The maximum atomic E-state index is 13.9. The molecule has 15 heteroatoms. The number of nitrogens with one attached hydrogen (secondary N) is 4. The summed E-state index contributed by atoms with van der Waals surface area (Å²) in [5, 5.41) is 5.54. The van der Waals surface area contributed by atoms with Gasteiger partial charge in [-0.1, -0.05) is 76.2 Å². The third kappa shape index (κ3) is 9.46. The molecule has 15 nitrogen and oxygen atoms in total. The van der Waals surface area contributed by atoms with Gasteiger partial charge in [0.25, 0.3) is 0 Å². The van der Waals surface area contributed by atoms with Crippen LogP contribution in [-0.4, -0.2) is 105 Å². The molecule has 314 valence electrons. The molecule has 0 saturated carbocycles. The van der Waals surface area contributed by atoms with E-state index in [9.17, 15) is 19.2 Å². The van der Waals surface area contributed by atoms with E-state index in [1.54, 1.807) is 6.20 Å². The largest absolute Gasteiger partial charge is 0.453 e. The molecule has 4 N–H and O–H groups in total. The number of benzene rings is 2. The Morgan fingerprint density at radius 1 is 0.661 bits per heavy atom. The van der Waals surface area contributed by atoms with Gasteiger partial charge in [-0.25, -0.2) is 19.6 Å². The average molecular weight is 809 g/mol. The van der Waals surface area contributed by atoms with Gasteiger partial charge in [0, 0.05) is 25.9 Å². The van der Waals surface area contributed by atoms with E-state index >= 15 is 0 Å². The number of likely N-dealkylation sites (tertiary alicyclic amines) is 2. The fourth-order valence-electron chi connectivity index (χ4n) is 8.30. The minimum Gasteiger partial charge on any atom is -0.453 e. The molecule has 0 radical (unpaired) electrons. The van der Waals surface area contributed by atoms with E-state index in [0.717, 1.165) is 71.0 Å². The molecule has 5 heterocycles. The van der Waals surface area contributed by atoms with Gasteiger partial charge >= 0.3 is 12.2 Å². The number of nitrogens with zero attached hydrogens (tertiary/aromatic N) is 4. The summed E-state index contributed by atoms with van der Waals surface area (Å²) in [5.41, 5.74) is 5.78. The number of aromatic nitrogens is 4. The highest BCUT2D eigenvalue weighted by Gasteiger charge is 2.39. The molecule has 3 saturated heterocycles. The molecule has 0 aliphatic carbocycles. The summed E-state index contributed by atoms with van der Waals surface area (Å²) in [4.78, 5) is 72.1. The van der Waals surface area contributed by atoms with Crippen molar-refractivity contribution in [2.75, 3.05) is 33.4 Å². The second-order valence-electron chi connectivity index (χ2n) is 16.3. The quantitative estimate of drug-likeness (QED) is 0.120. The minimum absolute atomic E-state index is 0.106. The van der Waals surface area contributed by atoms with Crippen molar-refractivity contribution in [2.24, 2.45) is 11.8 Å². The molecule has 59 heavy (non-hydrogen) atoms. The molecule has 0 spiro atoms. The maximum absolute atomic E-state index is 13.9. The number of imidazole rings is 2. The molecule has 3 aliphatic rings. The Bertz CT molecular complexity index is 2070. The highest BCUT2D eigenvalue weighted by atomic mass is 16.6. The van der Waals surface area contributed by atoms with Gasteiger partial charge in [0.1, 0.15) is 29.8 Å². The van der Waals surface area contributed by atoms with Crippen LogP contribution in [0.4, 0.5) is 9.59 Å². The molecule has 2 aromatic carbocycles. The number of aromatic amines is 2. The van der Waals surface area contributed by atoms with E-state index in [-0.39, 0.29) is 41.8 Å². The number of rotatable bonds is 12. The average Bonchev–Trinajstić information content (AvgIpc) is 4.09. The zero-order valence-electron chi connectivity index (χ0n) is 34.5. The lowest BCUT2D eigenvalue weighted by Gasteiger charge is -2.31. The Balaban J connectivity index is 0.974. The van der Waals surface area contributed by atoms with Crippen molar-refractivity contribution in [3.8, 4) is 33.6 Å². The predicted molar refractivity (Wildman–Crippen MR) is 221 cm³/mol. The van der Waals surface area contributed by atoms with Gasteiger partial charge < -0.3 is 44.6 Å². The molecule has 0 bridgehead atoms. The van der Waals surface area contributed by atoms with Crippen molar-refractivity contribution in [1.29, 1.82) is 0 Å². The van der Waals surface area contributed by atoms with Gasteiger partial charge in [-0.15, -0.1) is 0 Å². The SMILES string of the molecule is COC(=O)N[C@H](C(=O)N1CCCC1c1ncc(-c2ccc(-c3ccc(-c4cnc([C@@H]5CCCN5C(=O)[C@@H](NC(=O)OC5CCOCC5)C(C)C)[nH]4)cc3)cc2)[nH]1)C(C)C. The summed E-state index contributed by atoms with van der Waals surface area (Å²) >= 11 is 0. The van der Waals surface area contributed by atoms with Crippen LogP contribution in [0.2, 0.25) is 0 Å². The Morgan fingerprint density at radius 2 is 1.08 bits per heavy atom. The van der Waals surface area contributed by atoms with E-state index in [4.69, 9.17) is 19.2 Å². The third-order valence-corrected chi connectivity index (χ3v) is 11.7. The van der Waals surface area contributed by atoms with Crippen LogP contribution in [0.1, 0.15) is 90.0 Å². The van der Waals surface area contributed by atoms with Gasteiger partial charge in [-0.05, 0) is 59.8 Å². The molecule has 1 unspecified atom stereocenters. The molecule has 7 rings (SSSR count). The standard InChI is InChI=1S/C44H56N8O7/c1-26(2)37(49-43(55)57-5)41(53)51-20-6-8-35(51)39-45-24-33(47-39)30-14-10-28(11-15-30)29-12-16-31(17-13-29)34-25-46-40(48-34)36-9-7-21-52(36)42(54)38(27(3)4)50-44(56)59-32-18-22-58-23-19-32/h10-17,24-27,32,35-38H,6-9,18-23H2,1-5H3,(H,45,47)(H,46,48)(H,49,55)(H,50,56)/t35?,36-,37-,38-/m0/s1. The topological polar surface area (TPSA) is 184 Å². The molecule has 2 aromatic heterocycles. The van der Waals surface area contributed by atoms with E-state index in [1.165, 1.54) is 7.11 Å². The summed E-state index contributed by atoms with van der Waals surface area (Å²) in [6, 6.07) is 14.7. The second kappa shape index (κ2) is 18.5. The van der Waals surface area contributed by atoms with Crippen LogP contribution in [0.5, 0.6) is 0 Å². The molecule has 4 atom stereocenters. The van der Waals surface area contributed by atoms with Crippen LogP contribution in [0, 0.1) is 11.8 Å². The molecule has 3 fully saturated rings. The number of carbonyl (C=O) groups is 4. The maximum Gasteiger partial charge on any atom is 0.408 e. The number of amides is 4. The van der Waals surface area contributed by atoms with Crippen molar-refractivity contribution in [3.05, 3.63) is 72.6 Å². The summed E-state index contributed by atoms with van der Waals surface area (Å²) in [5.74, 6) is 0.942. The number of ether oxygens (including phenoxy) is 3. The Kier molecular flexibility index (Phi) is 13.0. The summed E-state index contributed by atoms with van der Waals surface area (Å²) in [7, 11) is 1.29. The van der Waals surface area contributed by atoms with Crippen molar-refractivity contribution >= 4 is 24.0 Å². The van der Waals surface area contributed by atoms with Crippen molar-refractivity contribution < 1.29 is 33.4 Å². The van der Waals surface area contributed by atoms with Crippen LogP contribution >= 0.6 is 0 Å². The highest BCUT2D eigenvalue weighted by molar-refractivity contribution is 5.87.